The number of halogens is 2. The highest BCUT2D eigenvalue weighted by atomic mass is 35.5. The Morgan fingerprint density at radius 3 is 2.94 bits per heavy atom. The minimum atomic E-state index is -1.07. The van der Waals surface area contributed by atoms with E-state index < -0.39 is 11.8 Å². The summed E-state index contributed by atoms with van der Waals surface area (Å²) < 4.78 is 18.2. The van der Waals surface area contributed by atoms with Crippen LogP contribution in [0.4, 0.5) is 4.39 Å². The smallest absolute Gasteiger partial charge is 0.312 e. The fourth-order valence-electron chi connectivity index (χ4n) is 1.42. The van der Waals surface area contributed by atoms with Crippen LogP contribution in [0.15, 0.2) is 22.7 Å². The van der Waals surface area contributed by atoms with E-state index in [-0.39, 0.29) is 35.1 Å². The van der Waals surface area contributed by atoms with Gasteiger partial charge in [0.05, 0.1) is 0 Å². The fraction of sp³-hybridized carbons (Fsp3) is 0.182. The van der Waals surface area contributed by atoms with Crippen LogP contribution >= 0.6 is 11.6 Å². The number of benzene rings is 1. The quantitative estimate of drug-likeness (QED) is 0.920. The lowest BCUT2D eigenvalue weighted by Gasteiger charge is -2.01. The molecule has 2 rings (SSSR count). The second kappa shape index (κ2) is 5.14. The molecule has 0 fully saturated rings. The molecule has 5 nitrogen and oxygen atoms in total. The largest absolute Gasteiger partial charge is 0.481 e. The first-order chi connectivity index (χ1) is 8.56. The Kier molecular flexibility index (Phi) is 3.57. The van der Waals surface area contributed by atoms with Gasteiger partial charge in [0.1, 0.15) is 12.2 Å². The molecule has 0 saturated carbocycles. The predicted molar refractivity (Wildman–Crippen MR) is 59.9 cm³/mol. The summed E-state index contributed by atoms with van der Waals surface area (Å²) in [6.45, 7) is 0. The Morgan fingerprint density at radius 2 is 2.28 bits per heavy atom. The maximum absolute atomic E-state index is 13.5. The third kappa shape index (κ3) is 2.84. The number of carboxylic acid groups (broad SMARTS) is 1. The van der Waals surface area contributed by atoms with Crippen molar-refractivity contribution in [1.82, 2.24) is 10.1 Å². The molecule has 1 N–H and O–H groups in total. The van der Waals surface area contributed by atoms with Crippen LogP contribution in [0, 0.1) is 5.82 Å². The van der Waals surface area contributed by atoms with Crippen LogP contribution in [0.5, 0.6) is 0 Å². The zero-order valence-corrected chi connectivity index (χ0v) is 9.82. The lowest BCUT2D eigenvalue weighted by atomic mass is 10.1. The molecule has 0 bridgehead atoms. The number of rotatable bonds is 4. The molecule has 0 aliphatic carbocycles. The molecule has 0 aliphatic heterocycles. The third-order valence-electron chi connectivity index (χ3n) is 2.21. The molecule has 1 heterocycles. The van der Waals surface area contributed by atoms with Crippen molar-refractivity contribution in [2.45, 2.75) is 12.8 Å². The molecule has 1 aromatic heterocycles. The van der Waals surface area contributed by atoms with Crippen LogP contribution in [-0.2, 0) is 17.6 Å². The minimum Gasteiger partial charge on any atom is -0.481 e. The van der Waals surface area contributed by atoms with E-state index in [1.807, 2.05) is 0 Å². The average molecular weight is 271 g/mol. The van der Waals surface area contributed by atoms with E-state index in [4.69, 9.17) is 21.2 Å². The highest BCUT2D eigenvalue weighted by Crippen LogP contribution is 2.21. The van der Waals surface area contributed by atoms with Gasteiger partial charge in [0, 0.05) is 17.0 Å². The topological polar surface area (TPSA) is 76.2 Å². The number of carbonyl (C=O) groups is 1. The van der Waals surface area contributed by atoms with Gasteiger partial charge in [-0.25, -0.2) is 4.39 Å². The van der Waals surface area contributed by atoms with Crippen molar-refractivity contribution in [3.63, 3.8) is 0 Å². The zero-order chi connectivity index (χ0) is 13.1. The van der Waals surface area contributed by atoms with Crippen molar-refractivity contribution in [2.75, 3.05) is 0 Å². The first-order valence-corrected chi connectivity index (χ1v) is 5.40. The van der Waals surface area contributed by atoms with Gasteiger partial charge in [-0.15, -0.1) is 0 Å². The van der Waals surface area contributed by atoms with E-state index in [9.17, 15) is 9.18 Å². The van der Waals surface area contributed by atoms with Gasteiger partial charge in [-0.1, -0.05) is 22.8 Å². The van der Waals surface area contributed by atoms with E-state index in [0.717, 1.165) is 0 Å². The summed E-state index contributed by atoms with van der Waals surface area (Å²) in [5.74, 6) is -1.37. The number of aromatic nitrogens is 2. The molecule has 0 unspecified atom stereocenters. The number of nitrogens with zero attached hydrogens (tertiary/aromatic N) is 2. The molecule has 0 radical (unpaired) electrons. The summed E-state index contributed by atoms with van der Waals surface area (Å²) >= 11 is 5.85. The first kappa shape index (κ1) is 12.5. The number of aliphatic carboxylic acids is 1. The highest BCUT2D eigenvalue weighted by molar-refractivity contribution is 6.31. The summed E-state index contributed by atoms with van der Waals surface area (Å²) in [6.07, 6.45) is -0.313. The van der Waals surface area contributed by atoms with Crippen LogP contribution in [0.1, 0.15) is 17.3 Å². The van der Waals surface area contributed by atoms with E-state index in [1.165, 1.54) is 12.1 Å². The Morgan fingerprint density at radius 1 is 1.50 bits per heavy atom. The van der Waals surface area contributed by atoms with Gasteiger partial charge in [0.2, 0.25) is 5.89 Å². The third-order valence-corrected chi connectivity index (χ3v) is 2.56. The molecular weight excluding hydrogens is 263 g/mol. The maximum Gasteiger partial charge on any atom is 0.312 e. The summed E-state index contributed by atoms with van der Waals surface area (Å²) in [5, 5.41) is 12.4. The Hall–Kier alpha value is -1.95. The lowest BCUT2D eigenvalue weighted by Crippen LogP contribution is -2.01. The predicted octanol–water partition coefficient (Wildman–Crippen LogP) is 2.08. The first-order valence-electron chi connectivity index (χ1n) is 5.02. The zero-order valence-electron chi connectivity index (χ0n) is 9.06. The molecule has 2 aromatic rings. The van der Waals surface area contributed by atoms with Gasteiger partial charge in [0.15, 0.2) is 5.82 Å². The highest BCUT2D eigenvalue weighted by Gasteiger charge is 2.14. The maximum atomic E-state index is 13.5. The van der Waals surface area contributed by atoms with E-state index in [1.54, 1.807) is 6.07 Å². The summed E-state index contributed by atoms with van der Waals surface area (Å²) in [5.41, 5.74) is 0.252. The van der Waals surface area contributed by atoms with Gasteiger partial charge in [-0.2, -0.15) is 4.98 Å². The van der Waals surface area contributed by atoms with Gasteiger partial charge in [-0.05, 0) is 12.1 Å². The Labute approximate surface area is 106 Å². The Bertz CT molecular complexity index is 565. The van der Waals surface area contributed by atoms with Crippen LogP contribution in [-0.4, -0.2) is 21.2 Å². The molecule has 0 spiro atoms. The lowest BCUT2D eigenvalue weighted by molar-refractivity contribution is -0.136. The summed E-state index contributed by atoms with van der Waals surface area (Å²) in [6, 6.07) is 4.32. The average Bonchev–Trinajstić information content (AvgIpc) is 2.70. The molecule has 7 heteroatoms. The van der Waals surface area contributed by atoms with Crippen molar-refractivity contribution in [2.24, 2.45) is 0 Å². The van der Waals surface area contributed by atoms with Crippen LogP contribution < -0.4 is 0 Å². The molecule has 0 saturated heterocycles. The van der Waals surface area contributed by atoms with Crippen LogP contribution in [0.3, 0.4) is 0 Å². The second-order valence-corrected chi connectivity index (χ2v) is 3.96. The standard InChI is InChI=1S/C11H8ClFN2O3/c12-7-2-1-3-8(13)6(7)4-9-14-10(18-15-9)5-11(16)17/h1-3H,4-5H2,(H,16,17). The Balaban J connectivity index is 2.19. The van der Waals surface area contributed by atoms with Gasteiger partial charge >= 0.3 is 5.97 Å². The monoisotopic (exact) mass is 270 g/mol. The van der Waals surface area contributed by atoms with Crippen molar-refractivity contribution in [3.8, 4) is 0 Å². The van der Waals surface area contributed by atoms with Crippen molar-refractivity contribution >= 4 is 17.6 Å². The van der Waals surface area contributed by atoms with E-state index >= 15 is 0 Å². The van der Waals surface area contributed by atoms with Gasteiger partial charge in [0.25, 0.3) is 0 Å². The molecule has 0 aliphatic rings. The SMILES string of the molecule is O=C(O)Cc1nc(Cc2c(F)cccc2Cl)no1. The second-order valence-electron chi connectivity index (χ2n) is 3.55. The van der Waals surface area contributed by atoms with Gasteiger partial charge < -0.3 is 9.63 Å². The molecule has 0 amide bonds. The molecule has 1 aromatic carbocycles. The van der Waals surface area contributed by atoms with E-state index in [2.05, 4.69) is 10.1 Å². The van der Waals surface area contributed by atoms with E-state index in [0.29, 0.717) is 0 Å². The molecule has 0 atom stereocenters. The summed E-state index contributed by atoms with van der Waals surface area (Å²) in [7, 11) is 0. The summed E-state index contributed by atoms with van der Waals surface area (Å²) in [4.78, 5) is 14.3. The number of hydrogen-bond donors (Lipinski definition) is 1. The van der Waals surface area contributed by atoms with Crippen molar-refractivity contribution < 1.29 is 18.8 Å². The molecular formula is C11H8ClFN2O3. The van der Waals surface area contributed by atoms with Crippen molar-refractivity contribution in [3.05, 3.63) is 46.3 Å². The molecule has 94 valence electrons. The van der Waals surface area contributed by atoms with Crippen LogP contribution in [0.2, 0.25) is 5.02 Å². The molecule has 18 heavy (non-hydrogen) atoms. The fourth-order valence-corrected chi connectivity index (χ4v) is 1.65. The number of hydrogen-bond acceptors (Lipinski definition) is 4. The van der Waals surface area contributed by atoms with Crippen molar-refractivity contribution in [1.29, 1.82) is 0 Å². The van der Waals surface area contributed by atoms with Gasteiger partial charge in [-0.3, -0.25) is 4.79 Å². The number of carboxylic acids is 1. The normalized spacial score (nSPS) is 10.6. The van der Waals surface area contributed by atoms with Crippen LogP contribution in [0.25, 0.3) is 0 Å². The minimum absolute atomic E-state index is 0.0232.